The molecule has 96 valence electrons. The lowest BCUT2D eigenvalue weighted by atomic mass is 9.97. The molecule has 0 saturated carbocycles. The molecule has 4 heteroatoms. The fourth-order valence-electron chi connectivity index (χ4n) is 1.99. The van der Waals surface area contributed by atoms with Crippen molar-refractivity contribution in [1.29, 1.82) is 0 Å². The molecule has 1 N–H and O–H groups in total. The second-order valence-electron chi connectivity index (χ2n) is 4.56. The summed E-state index contributed by atoms with van der Waals surface area (Å²) >= 11 is 0. The third-order valence-electron chi connectivity index (χ3n) is 3.00. The normalized spacial score (nSPS) is 19.3. The van der Waals surface area contributed by atoms with Crippen molar-refractivity contribution in [2.75, 3.05) is 27.2 Å². The fourth-order valence-corrected chi connectivity index (χ4v) is 1.99. The zero-order valence-corrected chi connectivity index (χ0v) is 10.6. The molecule has 3 nitrogen and oxygen atoms in total. The first-order valence-electron chi connectivity index (χ1n) is 5.96. The summed E-state index contributed by atoms with van der Waals surface area (Å²) in [6.45, 7) is 1.04. The lowest BCUT2D eigenvalue weighted by molar-refractivity contribution is 0.0827. The van der Waals surface area contributed by atoms with Crippen LogP contribution in [0.25, 0.3) is 5.57 Å². The van der Waals surface area contributed by atoms with E-state index in [4.69, 9.17) is 0 Å². The van der Waals surface area contributed by atoms with Crippen LogP contribution >= 0.6 is 0 Å². The summed E-state index contributed by atoms with van der Waals surface area (Å²) in [5.41, 5.74) is 2.17. The maximum Gasteiger partial charge on any atom is 0.253 e. The Morgan fingerprint density at radius 3 is 2.56 bits per heavy atom. The van der Waals surface area contributed by atoms with Crippen LogP contribution < -0.4 is 5.32 Å². The van der Waals surface area contributed by atoms with Gasteiger partial charge < -0.3 is 10.2 Å². The highest BCUT2D eigenvalue weighted by Crippen LogP contribution is 2.23. The molecule has 1 amide bonds. The van der Waals surface area contributed by atoms with Gasteiger partial charge in [-0.3, -0.25) is 4.79 Å². The van der Waals surface area contributed by atoms with E-state index in [9.17, 15) is 9.18 Å². The molecular weight excluding hydrogens is 231 g/mol. The summed E-state index contributed by atoms with van der Waals surface area (Å²) < 4.78 is 13.7. The zero-order chi connectivity index (χ0) is 13.1. The predicted molar refractivity (Wildman–Crippen MR) is 70.2 cm³/mol. The monoisotopic (exact) mass is 248 g/mol. The van der Waals surface area contributed by atoms with Crippen molar-refractivity contribution in [3.05, 3.63) is 41.5 Å². The molecule has 18 heavy (non-hydrogen) atoms. The molecule has 0 bridgehead atoms. The lowest BCUT2D eigenvalue weighted by Gasteiger charge is -2.19. The highest BCUT2D eigenvalue weighted by atomic mass is 19.1. The number of carbonyl (C=O) groups excluding carboxylic acids is 1. The van der Waals surface area contributed by atoms with Gasteiger partial charge in [-0.25, -0.2) is 4.39 Å². The van der Waals surface area contributed by atoms with E-state index >= 15 is 0 Å². The van der Waals surface area contributed by atoms with E-state index in [1.807, 2.05) is 6.08 Å². The van der Waals surface area contributed by atoms with E-state index < -0.39 is 6.17 Å². The van der Waals surface area contributed by atoms with Gasteiger partial charge in [-0.05, 0) is 23.3 Å². The van der Waals surface area contributed by atoms with Crippen molar-refractivity contribution in [2.24, 2.45) is 0 Å². The molecule has 1 aliphatic rings. The summed E-state index contributed by atoms with van der Waals surface area (Å²) in [7, 11) is 3.42. The Bertz CT molecular complexity index is 465. The van der Waals surface area contributed by atoms with Crippen LogP contribution in [0.5, 0.6) is 0 Å². The van der Waals surface area contributed by atoms with E-state index in [1.165, 1.54) is 4.90 Å². The van der Waals surface area contributed by atoms with Crippen molar-refractivity contribution >= 4 is 11.5 Å². The minimum Gasteiger partial charge on any atom is -0.345 e. The second-order valence-corrected chi connectivity index (χ2v) is 4.56. The van der Waals surface area contributed by atoms with E-state index in [0.717, 1.165) is 5.56 Å². The average molecular weight is 248 g/mol. The van der Waals surface area contributed by atoms with Crippen LogP contribution in [0, 0.1) is 0 Å². The van der Waals surface area contributed by atoms with Gasteiger partial charge in [0, 0.05) is 32.7 Å². The number of nitrogens with one attached hydrogen (secondary N) is 1. The van der Waals surface area contributed by atoms with Crippen LogP contribution in [-0.2, 0) is 0 Å². The standard InChI is InChI=1S/C14H17FN2O/c1-17(2)14(18)11-5-3-10(4-6-11)12-7-8-16-9-13(12)15/h3-7,13,16H,8-9H2,1-2H3/t13-/m0/s1. The molecule has 0 spiro atoms. The maximum absolute atomic E-state index is 13.7. The predicted octanol–water partition coefficient (Wildman–Crippen LogP) is 1.71. The smallest absolute Gasteiger partial charge is 0.253 e. The first-order chi connectivity index (χ1) is 8.59. The quantitative estimate of drug-likeness (QED) is 0.864. The number of nitrogens with zero attached hydrogens (tertiary/aromatic N) is 1. The van der Waals surface area contributed by atoms with Gasteiger partial charge in [-0.15, -0.1) is 0 Å². The summed E-state index contributed by atoms with van der Waals surface area (Å²) in [5.74, 6) is -0.0439. The summed E-state index contributed by atoms with van der Waals surface area (Å²) in [6, 6.07) is 7.10. The summed E-state index contributed by atoms with van der Waals surface area (Å²) in [5, 5.41) is 2.97. The molecule has 2 rings (SSSR count). The van der Waals surface area contributed by atoms with Gasteiger partial charge in [-0.1, -0.05) is 18.2 Å². The van der Waals surface area contributed by atoms with Crippen molar-refractivity contribution in [3.63, 3.8) is 0 Å². The molecular formula is C14H17FN2O. The molecule has 1 atom stereocenters. The Balaban J connectivity index is 2.22. The third kappa shape index (κ3) is 2.59. The lowest BCUT2D eigenvalue weighted by Crippen LogP contribution is -2.29. The topological polar surface area (TPSA) is 32.3 Å². The molecule has 0 aromatic heterocycles. The number of carbonyl (C=O) groups is 1. The number of benzene rings is 1. The average Bonchev–Trinajstić information content (AvgIpc) is 2.38. The molecule has 0 radical (unpaired) electrons. The van der Waals surface area contributed by atoms with Gasteiger partial charge >= 0.3 is 0 Å². The van der Waals surface area contributed by atoms with Crippen molar-refractivity contribution in [1.82, 2.24) is 10.2 Å². The van der Waals surface area contributed by atoms with Crippen LogP contribution in [-0.4, -0.2) is 44.2 Å². The second kappa shape index (κ2) is 5.31. The molecule has 1 heterocycles. The number of rotatable bonds is 2. The van der Waals surface area contributed by atoms with Gasteiger partial charge in [0.1, 0.15) is 6.17 Å². The van der Waals surface area contributed by atoms with Gasteiger partial charge in [0.25, 0.3) is 5.91 Å². The molecule has 1 aromatic rings. The van der Waals surface area contributed by atoms with Crippen LogP contribution in [0.1, 0.15) is 15.9 Å². The summed E-state index contributed by atoms with van der Waals surface area (Å²) in [4.78, 5) is 13.2. The van der Waals surface area contributed by atoms with Crippen LogP contribution in [0.3, 0.4) is 0 Å². The molecule has 0 saturated heterocycles. The first-order valence-corrected chi connectivity index (χ1v) is 5.96. The van der Waals surface area contributed by atoms with Gasteiger partial charge in [-0.2, -0.15) is 0 Å². The van der Waals surface area contributed by atoms with Crippen molar-refractivity contribution in [2.45, 2.75) is 6.17 Å². The minimum absolute atomic E-state index is 0.0439. The molecule has 1 aliphatic heterocycles. The molecule has 0 fully saturated rings. The Morgan fingerprint density at radius 1 is 1.33 bits per heavy atom. The van der Waals surface area contributed by atoms with Crippen molar-refractivity contribution < 1.29 is 9.18 Å². The van der Waals surface area contributed by atoms with E-state index in [-0.39, 0.29) is 5.91 Å². The Kier molecular flexibility index (Phi) is 3.77. The molecule has 0 aliphatic carbocycles. The van der Waals surface area contributed by atoms with Crippen molar-refractivity contribution in [3.8, 4) is 0 Å². The number of hydrogen-bond acceptors (Lipinski definition) is 2. The SMILES string of the molecule is CN(C)C(=O)c1ccc(C2=CCNC[C@@H]2F)cc1. The summed E-state index contributed by atoms with van der Waals surface area (Å²) in [6.07, 6.45) is 0.880. The number of hydrogen-bond donors (Lipinski definition) is 1. The van der Waals surface area contributed by atoms with E-state index in [2.05, 4.69) is 5.32 Å². The highest BCUT2D eigenvalue weighted by molar-refractivity contribution is 5.94. The fraction of sp³-hybridized carbons (Fsp3) is 0.357. The Labute approximate surface area is 106 Å². The zero-order valence-electron chi connectivity index (χ0n) is 10.6. The molecule has 0 unspecified atom stereocenters. The van der Waals surface area contributed by atoms with Gasteiger partial charge in [0.05, 0.1) is 0 Å². The van der Waals surface area contributed by atoms with Crippen LogP contribution in [0.2, 0.25) is 0 Å². The first kappa shape index (κ1) is 12.8. The minimum atomic E-state index is -0.978. The largest absolute Gasteiger partial charge is 0.345 e. The highest BCUT2D eigenvalue weighted by Gasteiger charge is 2.18. The van der Waals surface area contributed by atoms with E-state index in [1.54, 1.807) is 38.4 Å². The Morgan fingerprint density at radius 2 is 2.00 bits per heavy atom. The van der Waals surface area contributed by atoms with Gasteiger partial charge in [0.15, 0.2) is 0 Å². The third-order valence-corrected chi connectivity index (χ3v) is 3.00. The Hall–Kier alpha value is -1.68. The molecule has 1 aromatic carbocycles. The van der Waals surface area contributed by atoms with E-state index in [0.29, 0.717) is 24.2 Å². The van der Waals surface area contributed by atoms with Crippen LogP contribution in [0.15, 0.2) is 30.3 Å². The van der Waals surface area contributed by atoms with Gasteiger partial charge in [0.2, 0.25) is 0 Å². The maximum atomic E-state index is 13.7. The number of alkyl halides is 1. The van der Waals surface area contributed by atoms with Crippen LogP contribution in [0.4, 0.5) is 4.39 Å². The number of amides is 1. The number of halogens is 1.